The molecule has 0 saturated carbocycles. The van der Waals surface area contributed by atoms with E-state index in [9.17, 15) is 5.11 Å². The van der Waals surface area contributed by atoms with Crippen molar-refractivity contribution in [1.29, 1.82) is 0 Å². The number of aromatic hydroxyl groups is 1. The molecule has 8 aromatic rings. The van der Waals surface area contributed by atoms with Gasteiger partial charge < -0.3 is 5.11 Å². The summed E-state index contributed by atoms with van der Waals surface area (Å²) in [6.07, 6.45) is 1.88. The van der Waals surface area contributed by atoms with Crippen LogP contribution < -0.4 is 0 Å². The van der Waals surface area contributed by atoms with Crippen LogP contribution in [0.1, 0.15) is 58.6 Å². The third kappa shape index (κ3) is 7.44. The monoisotopic (exact) mass is 898 g/mol. The van der Waals surface area contributed by atoms with E-state index in [4.69, 9.17) is 11.3 Å². The maximum atomic E-state index is 11.3. The molecule has 6 aromatic carbocycles. The molecule has 0 saturated heterocycles. The largest absolute Gasteiger partial charge is 0.507 e. The van der Waals surface area contributed by atoms with E-state index >= 15 is 0 Å². The molecule has 0 spiro atoms. The van der Waals surface area contributed by atoms with Crippen LogP contribution >= 0.6 is 0 Å². The second-order valence-electron chi connectivity index (χ2n) is 15.3. The van der Waals surface area contributed by atoms with Gasteiger partial charge in [0, 0.05) is 39.9 Å². The van der Waals surface area contributed by atoms with Gasteiger partial charge in [0.1, 0.15) is 11.6 Å². The Labute approximate surface area is 340 Å². The van der Waals surface area contributed by atoms with E-state index in [0.29, 0.717) is 11.4 Å². The molecule has 4 nitrogen and oxygen atoms in total. The maximum absolute atomic E-state index is 11.3. The molecule has 0 amide bonds. The third-order valence-corrected chi connectivity index (χ3v) is 10.2. The molecule has 55 heavy (non-hydrogen) atoms. The first-order chi connectivity index (χ1) is 26.3. The first-order valence-electron chi connectivity index (χ1n) is 19.0. The number of rotatable bonds is 7. The van der Waals surface area contributed by atoms with Gasteiger partial charge in [-0.15, -0.1) is 29.3 Å². The molecule has 0 radical (unpaired) electrons. The van der Waals surface area contributed by atoms with Crippen LogP contribution in [-0.4, -0.2) is 19.6 Å². The predicted molar refractivity (Wildman–Crippen MR) is 224 cm³/mol. The normalized spacial score (nSPS) is 12.0. The smallest absolute Gasteiger partial charge is 0.148 e. The van der Waals surface area contributed by atoms with Gasteiger partial charge in [0.15, 0.2) is 0 Å². The van der Waals surface area contributed by atoms with Gasteiger partial charge in [-0.2, -0.15) is 0 Å². The average molecular weight is 899 g/mol. The summed E-state index contributed by atoms with van der Waals surface area (Å²) in [5.41, 5.74) is 14.2. The topological polar surface area (TPSA) is 50.9 Å². The van der Waals surface area contributed by atoms with Crippen molar-refractivity contribution in [3.05, 3.63) is 168 Å². The summed E-state index contributed by atoms with van der Waals surface area (Å²) >= 11 is 0. The molecular weight excluding hydrogens is 854 g/mol. The van der Waals surface area contributed by atoms with Gasteiger partial charge >= 0.3 is 0 Å². The van der Waals surface area contributed by atoms with Gasteiger partial charge in [-0.1, -0.05) is 142 Å². The number of benzene rings is 6. The molecule has 0 unspecified atom stereocenters. The van der Waals surface area contributed by atoms with Crippen molar-refractivity contribution in [3.8, 4) is 67.5 Å². The van der Waals surface area contributed by atoms with Crippen molar-refractivity contribution in [2.45, 2.75) is 52.9 Å². The molecule has 2 aromatic heterocycles. The van der Waals surface area contributed by atoms with Crippen molar-refractivity contribution >= 4 is 11.0 Å². The third-order valence-electron chi connectivity index (χ3n) is 10.2. The number of para-hydroxylation sites is 2. The second kappa shape index (κ2) is 15.3. The van der Waals surface area contributed by atoms with E-state index in [2.05, 4.69) is 129 Å². The fourth-order valence-corrected chi connectivity index (χ4v) is 7.08. The van der Waals surface area contributed by atoms with Crippen LogP contribution in [0.2, 0.25) is 0 Å². The average Bonchev–Trinajstić information content (AvgIpc) is 3.57. The minimum absolute atomic E-state index is 0. The zero-order valence-corrected chi connectivity index (χ0v) is 34.2. The first kappa shape index (κ1) is 36.4. The molecule has 0 bridgehead atoms. The Hall–Kier alpha value is -5.57. The zero-order chi connectivity index (χ0) is 38.5. The van der Waals surface area contributed by atoms with Crippen molar-refractivity contribution in [1.82, 2.24) is 14.5 Å². The summed E-state index contributed by atoms with van der Waals surface area (Å²) in [4.78, 5) is 10.2. The summed E-state index contributed by atoms with van der Waals surface area (Å²) < 4.78 is 11.0. The summed E-state index contributed by atoms with van der Waals surface area (Å²) in [5.74, 6) is -0.0310. The molecule has 1 N–H and O–H groups in total. The maximum Gasteiger partial charge on any atom is 0.148 e. The summed E-state index contributed by atoms with van der Waals surface area (Å²) in [6.45, 7) is 12.6. The Balaban J connectivity index is 0.00000480. The molecule has 0 aliphatic heterocycles. The SMILES string of the molecule is [2H]C(C)(C)c1ccc(-n2c(-c3ccccc3O)nc3c(-c4[c-]c(-c5cc(-c6ccc(C)cc6)ccn5)cc(C(C)(C)C)c4)cccc32)c(-c2ccccc2)c1.[Pt]. The van der Waals surface area contributed by atoms with Crippen molar-refractivity contribution in [3.63, 3.8) is 0 Å². The number of imidazole rings is 1. The van der Waals surface area contributed by atoms with Crippen molar-refractivity contribution < 1.29 is 27.5 Å². The summed E-state index contributed by atoms with van der Waals surface area (Å²) in [7, 11) is 0. The molecule has 0 aliphatic rings. The van der Waals surface area contributed by atoms with E-state index in [-0.39, 0.29) is 32.2 Å². The van der Waals surface area contributed by atoms with E-state index in [0.717, 1.165) is 72.5 Å². The number of aryl methyl sites for hydroxylation is 1. The Morgan fingerprint density at radius 1 is 0.691 bits per heavy atom. The van der Waals surface area contributed by atoms with E-state index < -0.39 is 5.89 Å². The van der Waals surface area contributed by atoms with Gasteiger partial charge in [0.2, 0.25) is 0 Å². The number of pyridine rings is 1. The van der Waals surface area contributed by atoms with Crippen LogP contribution in [0.5, 0.6) is 5.75 Å². The van der Waals surface area contributed by atoms with Gasteiger partial charge in [-0.05, 0) is 76.9 Å². The molecular formula is C50H44N3OPt-. The number of phenols is 1. The number of nitrogens with zero attached hydrogens (tertiary/aromatic N) is 3. The quantitative estimate of drug-likeness (QED) is 0.162. The van der Waals surface area contributed by atoms with E-state index in [1.807, 2.05) is 62.5 Å². The summed E-state index contributed by atoms with van der Waals surface area (Å²) in [6, 6.07) is 51.1. The van der Waals surface area contributed by atoms with Gasteiger partial charge in [0.25, 0.3) is 0 Å². The fourth-order valence-electron chi connectivity index (χ4n) is 7.08. The number of fused-ring (bicyclic) bond motifs is 1. The molecule has 0 atom stereocenters. The number of phenolic OH excluding ortho intramolecular Hbond substituents is 1. The van der Waals surface area contributed by atoms with Gasteiger partial charge in [0.05, 0.1) is 22.3 Å². The van der Waals surface area contributed by atoms with Crippen LogP contribution in [-0.2, 0) is 26.5 Å². The minimum Gasteiger partial charge on any atom is -0.507 e. The molecule has 2 heterocycles. The van der Waals surface area contributed by atoms with Gasteiger partial charge in [-0.3, -0.25) is 9.55 Å². The Kier molecular flexibility index (Phi) is 10.1. The van der Waals surface area contributed by atoms with E-state index in [1.165, 1.54) is 5.56 Å². The van der Waals surface area contributed by atoms with E-state index in [1.54, 1.807) is 6.07 Å². The fraction of sp³-hybridized carbons (Fsp3) is 0.160. The number of hydrogen-bond acceptors (Lipinski definition) is 3. The molecule has 5 heteroatoms. The van der Waals surface area contributed by atoms with Crippen LogP contribution in [0.15, 0.2) is 146 Å². The Bertz CT molecular complexity index is 2690. The molecule has 0 fully saturated rings. The van der Waals surface area contributed by atoms with Crippen LogP contribution in [0, 0.1) is 13.0 Å². The standard InChI is InChI=1S/C50H44N3O.Pt/c1-32(2)36-23-24-45(43(30-36)35-13-8-7-9-14-35)53-46-17-12-16-41(48(46)52-49(53)42-15-10-11-18-47(42)54)38-27-39(29-40(28-38)50(4,5)6)44-31-37(25-26-51-44)34-21-19-33(3)20-22-34;/h7-26,28-32,54H,1-6H3;/q-1;/i32D;. The Morgan fingerprint density at radius 2 is 1.40 bits per heavy atom. The molecule has 0 aliphatic carbocycles. The van der Waals surface area contributed by atoms with Crippen LogP contribution in [0.3, 0.4) is 0 Å². The second-order valence-corrected chi connectivity index (χ2v) is 15.3. The number of hydrogen-bond donors (Lipinski definition) is 1. The first-order valence-corrected chi connectivity index (χ1v) is 18.5. The van der Waals surface area contributed by atoms with Gasteiger partial charge in [-0.25, -0.2) is 4.98 Å². The summed E-state index contributed by atoms with van der Waals surface area (Å²) in [5, 5.41) is 11.3. The van der Waals surface area contributed by atoms with Crippen molar-refractivity contribution in [2.75, 3.05) is 0 Å². The minimum atomic E-state index is -0.799. The van der Waals surface area contributed by atoms with Crippen molar-refractivity contribution in [2.24, 2.45) is 0 Å². The molecule has 276 valence electrons. The Morgan fingerprint density at radius 3 is 2.13 bits per heavy atom. The predicted octanol–water partition coefficient (Wildman–Crippen LogP) is 13.0. The molecule has 8 rings (SSSR count). The van der Waals surface area contributed by atoms with Crippen LogP contribution in [0.4, 0.5) is 0 Å². The zero-order valence-electron chi connectivity index (χ0n) is 33.0. The van der Waals surface area contributed by atoms with Crippen LogP contribution in [0.25, 0.3) is 72.7 Å². The number of aromatic nitrogens is 3.